The number of amides is 5. The first kappa shape index (κ1) is 92.0. The average Bonchev–Trinajstić information content (AvgIpc) is 1.31. The van der Waals surface area contributed by atoms with E-state index in [1.54, 1.807) is 104 Å². The Bertz CT molecular complexity index is 6030. The van der Waals surface area contributed by atoms with Crippen LogP contribution in [0.15, 0.2) is 267 Å². The van der Waals surface area contributed by atoms with E-state index in [9.17, 15) is 32.4 Å². The minimum atomic E-state index is -3.67. The second-order valence-electron chi connectivity index (χ2n) is 30.5. The highest BCUT2D eigenvalue weighted by atomic mass is 35.5. The van der Waals surface area contributed by atoms with Gasteiger partial charge >= 0.3 is 0 Å². The maximum Gasteiger partial charge on any atom is 0.257 e. The van der Waals surface area contributed by atoms with E-state index >= 15 is 0 Å². The highest BCUT2D eigenvalue weighted by Crippen LogP contribution is 2.35. The number of aromatic nitrogens is 8. The number of sulfonamides is 1. The fourth-order valence-electron chi connectivity index (χ4n) is 14.2. The van der Waals surface area contributed by atoms with Gasteiger partial charge in [-0.3, -0.25) is 48.8 Å². The second-order valence-corrected chi connectivity index (χ2v) is 33.9. The lowest BCUT2D eigenvalue weighted by molar-refractivity contribution is -0.127. The van der Waals surface area contributed by atoms with Crippen LogP contribution in [0.4, 0.5) is 34.4 Å². The number of likely N-dealkylation sites (N-methyl/N-ethyl adjacent to an activating group) is 2. The van der Waals surface area contributed by atoms with Crippen LogP contribution in [0.5, 0.6) is 0 Å². The summed E-state index contributed by atoms with van der Waals surface area (Å²) in [6, 6.07) is 64.6. The number of halogens is 4. The van der Waals surface area contributed by atoms with Crippen molar-refractivity contribution in [1.29, 1.82) is 0 Å². The van der Waals surface area contributed by atoms with Crippen molar-refractivity contribution in [2.45, 2.75) is 57.5 Å². The van der Waals surface area contributed by atoms with Gasteiger partial charge in [0.2, 0.25) is 15.9 Å². The molecule has 0 unspecified atom stereocenters. The normalized spacial score (nSPS) is 13.5. The van der Waals surface area contributed by atoms with E-state index in [1.807, 2.05) is 157 Å². The number of nitrogens with zero attached hydrogens (tertiary/aromatic N) is 13. The van der Waals surface area contributed by atoms with Crippen molar-refractivity contribution in [3.8, 4) is 45.0 Å². The van der Waals surface area contributed by atoms with Crippen molar-refractivity contribution in [3.05, 3.63) is 321 Å². The molecule has 0 atom stereocenters. The topological polar surface area (TPSA) is 303 Å². The van der Waals surface area contributed by atoms with E-state index in [1.165, 1.54) is 29.8 Å². The highest BCUT2D eigenvalue weighted by molar-refractivity contribution is 7.89. The fraction of sp³-hybridized carbons (Fsp3) is 0.229. The lowest BCUT2D eigenvalue weighted by atomic mass is 10.1. The third kappa shape index (κ3) is 26.2. The molecule has 3 aliphatic rings. The molecule has 0 spiro atoms. The van der Waals surface area contributed by atoms with E-state index in [0.29, 0.717) is 119 Å². The van der Waals surface area contributed by atoms with Crippen molar-refractivity contribution in [2.24, 2.45) is 0 Å². The lowest BCUT2D eigenvalue weighted by Gasteiger charge is -2.33. The first-order valence-corrected chi connectivity index (χ1v) is 44.6. The molecule has 6 aromatic carbocycles. The molecular weight excluding hydrogens is 1710 g/mol. The van der Waals surface area contributed by atoms with Gasteiger partial charge in [-0.05, 0) is 235 Å². The number of carbonyl (C=O) groups excluding carboxylic acids is 5. The first-order chi connectivity index (χ1) is 61.5. The molecule has 3 fully saturated rings. The van der Waals surface area contributed by atoms with Gasteiger partial charge in [-0.1, -0.05) is 82.8 Å². The Hall–Kier alpha value is -12.7. The molecular formula is C96H97Cl4N19O7S. The Morgan fingerprint density at radius 3 is 1.29 bits per heavy atom. The number of piperazine rings is 2. The molecule has 0 radical (unpaired) electrons. The minimum Gasteiger partial charge on any atom is -0.370 e. The second kappa shape index (κ2) is 45.0. The van der Waals surface area contributed by atoms with E-state index in [-0.39, 0.29) is 41.0 Å². The summed E-state index contributed by atoms with van der Waals surface area (Å²) in [5.41, 5.74) is 13.1. The number of hydrogen-bond acceptors (Lipinski definition) is 19. The van der Waals surface area contributed by atoms with Gasteiger partial charge in [0, 0.05) is 191 Å². The zero-order valence-electron chi connectivity index (χ0n) is 70.6. The van der Waals surface area contributed by atoms with Crippen molar-refractivity contribution in [2.75, 3.05) is 124 Å². The van der Waals surface area contributed by atoms with Gasteiger partial charge in [-0.15, -0.1) is 0 Å². The van der Waals surface area contributed by atoms with Crippen LogP contribution in [0.3, 0.4) is 0 Å². The molecule has 5 amide bonds. The van der Waals surface area contributed by atoms with Crippen LogP contribution >= 0.6 is 46.4 Å². The molecule has 3 saturated heterocycles. The number of anilines is 6. The summed E-state index contributed by atoms with van der Waals surface area (Å²) in [4.78, 5) is 105. The van der Waals surface area contributed by atoms with Gasteiger partial charge in [-0.25, -0.2) is 28.1 Å². The zero-order chi connectivity index (χ0) is 89.2. The standard InChI is InChI=1S/C25H26ClN5O2.C24H22ClN5O3S.C24H25ClN4O.C23H24ClN5O/c1-17-19(9-11-23(29-17)28-13-5-15-31-14-4-7-24(31)32)25(33)30-18-8-10-21(26)20(16-18)22-6-2-3-12-27-22;25-22-10-7-19(16-21(22)23-4-1-2-11-27-23)29-24(31)18-5-8-20(9-6-18)34(32,33)28-12-3-14-30-15-13-26-17-30;1-28-12-14-29(15-13-28)17-18-5-7-19(8-6-18)24(30)27-20-9-10-22(25)21(16-20)23-4-2-3-11-26-23;1-16-18(7-9-22(26-16)29-13-11-28(2)12-14-29)23(30)27-17-6-8-20(24)19(15-17)21-5-3-4-10-25-21/h2-3,6,8-12,16H,4-5,7,13-15H2,1H3,(H,28,29)(H,30,33);1-2,4-11,13,15-17,28H,3,12,14H2,(H,29,31);2-11,16H,12-15,17H2,1H3,(H,27,30);3-10,15H,11-14H2,1-2H3,(H,27,30). The number of pyridine rings is 6. The average molecular weight is 1800 g/mol. The van der Waals surface area contributed by atoms with Crippen LogP contribution in [-0.2, 0) is 27.9 Å². The van der Waals surface area contributed by atoms with Gasteiger partial charge in [0.05, 0.1) is 76.6 Å². The summed E-state index contributed by atoms with van der Waals surface area (Å²) in [5, 5.41) is 17.2. The number of likely N-dealkylation sites (tertiary alicyclic amines) is 1. The maximum absolute atomic E-state index is 12.9. The molecule has 7 aromatic heterocycles. The molecule has 0 saturated carbocycles. The molecule has 652 valence electrons. The third-order valence-corrected chi connectivity index (χ3v) is 24.1. The summed E-state index contributed by atoms with van der Waals surface area (Å²) in [6.07, 6.45) is 15.1. The molecule has 3 aliphatic heterocycles. The van der Waals surface area contributed by atoms with Gasteiger partial charge in [0.1, 0.15) is 11.6 Å². The molecule has 13 aromatic rings. The molecule has 0 aliphatic carbocycles. The molecule has 0 bridgehead atoms. The minimum absolute atomic E-state index is 0.0932. The van der Waals surface area contributed by atoms with Crippen LogP contribution in [0, 0.1) is 13.8 Å². The summed E-state index contributed by atoms with van der Waals surface area (Å²) in [5.74, 6) is 0.920. The monoisotopic (exact) mass is 1800 g/mol. The van der Waals surface area contributed by atoms with E-state index in [4.69, 9.17) is 46.4 Å². The lowest BCUT2D eigenvalue weighted by Crippen LogP contribution is -2.44. The molecule has 6 N–H and O–H groups in total. The SMILES string of the molecule is CN1CCN(Cc2ccc(C(=O)Nc3ccc(Cl)c(-c4ccccn4)c3)cc2)CC1.Cc1nc(N2CCN(C)CC2)ccc1C(=O)Nc1ccc(Cl)c(-c2ccccn2)c1.Cc1nc(NCCCN2CCCC2=O)ccc1C(=O)Nc1ccc(Cl)c(-c2ccccn2)c1.O=C(Nc1ccc(Cl)c(-c2ccccn2)c1)c1ccc(S(=O)(=O)NCCCn2ccnc2)cc1. The number of aryl methyl sites for hydroxylation is 3. The Morgan fingerprint density at radius 2 is 0.874 bits per heavy atom. The van der Waals surface area contributed by atoms with Crippen molar-refractivity contribution in [3.63, 3.8) is 0 Å². The third-order valence-electron chi connectivity index (χ3n) is 21.3. The predicted molar refractivity (Wildman–Crippen MR) is 505 cm³/mol. The molecule has 10 heterocycles. The Labute approximate surface area is 759 Å². The number of hydrogen-bond donors (Lipinski definition) is 6. The summed E-state index contributed by atoms with van der Waals surface area (Å²) in [7, 11) is 0.610. The first-order valence-electron chi connectivity index (χ1n) is 41.6. The van der Waals surface area contributed by atoms with Gasteiger partial charge in [-0.2, -0.15) is 0 Å². The largest absolute Gasteiger partial charge is 0.370 e. The number of imidazole rings is 1. The summed E-state index contributed by atoms with van der Waals surface area (Å²) in [6.45, 7) is 16.1. The molecule has 26 nitrogen and oxygen atoms in total. The van der Waals surface area contributed by atoms with E-state index in [2.05, 4.69) is 99.9 Å². The predicted octanol–water partition coefficient (Wildman–Crippen LogP) is 17.5. The van der Waals surface area contributed by atoms with Crippen LogP contribution in [0.1, 0.15) is 84.1 Å². The van der Waals surface area contributed by atoms with E-state index in [0.717, 1.165) is 124 Å². The van der Waals surface area contributed by atoms with Crippen LogP contribution < -0.4 is 36.2 Å². The fourth-order valence-corrected chi connectivity index (χ4v) is 16.1. The smallest absolute Gasteiger partial charge is 0.257 e. The van der Waals surface area contributed by atoms with E-state index < -0.39 is 10.0 Å². The van der Waals surface area contributed by atoms with Crippen molar-refractivity contribution in [1.82, 2.24) is 63.8 Å². The zero-order valence-corrected chi connectivity index (χ0v) is 74.5. The van der Waals surface area contributed by atoms with Crippen LogP contribution in [0.25, 0.3) is 45.0 Å². The van der Waals surface area contributed by atoms with Crippen molar-refractivity contribution < 1.29 is 32.4 Å². The Balaban J connectivity index is 0.000000145. The van der Waals surface area contributed by atoms with Crippen molar-refractivity contribution >= 4 is 120 Å². The molecule has 16 rings (SSSR count). The van der Waals surface area contributed by atoms with Gasteiger partial charge in [0.15, 0.2) is 0 Å². The van der Waals surface area contributed by atoms with Crippen LogP contribution in [0.2, 0.25) is 20.1 Å². The van der Waals surface area contributed by atoms with Crippen LogP contribution in [-0.4, -0.2) is 190 Å². The Kier molecular flexibility index (Phi) is 32.6. The number of nitrogens with one attached hydrogen (secondary N) is 6. The highest BCUT2D eigenvalue weighted by Gasteiger charge is 2.24. The Morgan fingerprint density at radius 1 is 0.441 bits per heavy atom. The summed E-state index contributed by atoms with van der Waals surface area (Å²) >= 11 is 25.3. The molecule has 31 heteroatoms. The number of benzene rings is 6. The molecule has 127 heavy (non-hydrogen) atoms. The van der Waals surface area contributed by atoms with Gasteiger partial charge in [0.25, 0.3) is 23.6 Å². The van der Waals surface area contributed by atoms with Gasteiger partial charge < -0.3 is 50.8 Å². The number of rotatable bonds is 26. The quantitative estimate of drug-likeness (QED) is 0.0274. The number of carbonyl (C=O) groups is 5. The summed E-state index contributed by atoms with van der Waals surface area (Å²) < 4.78 is 29.5. The maximum atomic E-state index is 12.9.